The summed E-state index contributed by atoms with van der Waals surface area (Å²) in [6.45, 7) is 5.22. The van der Waals surface area contributed by atoms with Crippen molar-refractivity contribution in [3.05, 3.63) is 41.5 Å². The Balaban J connectivity index is 1.64. The smallest absolute Gasteiger partial charge is 0.271 e. The molecule has 2 unspecified atom stereocenters. The molecule has 4 rings (SSSR count). The summed E-state index contributed by atoms with van der Waals surface area (Å²) in [5, 5.41) is 1.88. The minimum Gasteiger partial charge on any atom is -0.497 e. The second-order valence-electron chi connectivity index (χ2n) is 6.60. The lowest BCUT2D eigenvalue weighted by Crippen LogP contribution is -2.48. The molecule has 1 aliphatic rings. The van der Waals surface area contributed by atoms with Crippen molar-refractivity contribution in [3.8, 4) is 17.0 Å². The van der Waals surface area contributed by atoms with Crippen LogP contribution in [0.2, 0.25) is 0 Å². The van der Waals surface area contributed by atoms with E-state index in [4.69, 9.17) is 9.47 Å². The highest BCUT2D eigenvalue weighted by Crippen LogP contribution is 2.26. The lowest BCUT2D eigenvalue weighted by atomic mass is 10.2. The Labute approximate surface area is 156 Å². The van der Waals surface area contributed by atoms with Gasteiger partial charge in [0.2, 0.25) is 0 Å². The van der Waals surface area contributed by atoms with E-state index in [-0.39, 0.29) is 18.1 Å². The van der Waals surface area contributed by atoms with Crippen molar-refractivity contribution < 1.29 is 14.3 Å². The van der Waals surface area contributed by atoms with E-state index < -0.39 is 0 Å². The van der Waals surface area contributed by atoms with Crippen molar-refractivity contribution in [3.63, 3.8) is 0 Å². The molecule has 0 radical (unpaired) electrons. The summed E-state index contributed by atoms with van der Waals surface area (Å²) in [5.41, 5.74) is 2.49. The summed E-state index contributed by atoms with van der Waals surface area (Å²) in [7, 11) is 1.65. The van der Waals surface area contributed by atoms with Gasteiger partial charge in [-0.2, -0.15) is 0 Å². The summed E-state index contributed by atoms with van der Waals surface area (Å²) in [6, 6.07) is 7.76. The number of nitrogens with zero attached hydrogens (tertiary/aromatic N) is 3. The second-order valence-corrected chi connectivity index (χ2v) is 7.43. The van der Waals surface area contributed by atoms with Gasteiger partial charge in [0.05, 0.1) is 25.0 Å². The van der Waals surface area contributed by atoms with E-state index in [9.17, 15) is 4.79 Å². The van der Waals surface area contributed by atoms with Crippen molar-refractivity contribution in [2.24, 2.45) is 0 Å². The number of hydrogen-bond acceptors (Lipinski definition) is 5. The molecule has 2 aromatic heterocycles. The quantitative estimate of drug-likeness (QED) is 0.709. The normalized spacial score (nSPS) is 20.5. The molecule has 2 atom stereocenters. The van der Waals surface area contributed by atoms with Crippen LogP contribution in [-0.2, 0) is 4.74 Å². The number of benzene rings is 1. The van der Waals surface area contributed by atoms with Crippen LogP contribution in [0.25, 0.3) is 16.2 Å². The molecule has 0 bridgehead atoms. The third-order valence-corrected chi connectivity index (χ3v) is 5.36. The van der Waals surface area contributed by atoms with Crippen molar-refractivity contribution in [1.29, 1.82) is 0 Å². The fourth-order valence-electron chi connectivity index (χ4n) is 3.34. The predicted molar refractivity (Wildman–Crippen MR) is 101 cm³/mol. The molecule has 136 valence electrons. The Kier molecular flexibility index (Phi) is 4.42. The highest BCUT2D eigenvalue weighted by molar-refractivity contribution is 7.15. The minimum atomic E-state index is 0.0249. The number of amides is 1. The number of morpholine rings is 1. The second kappa shape index (κ2) is 6.74. The number of aromatic nitrogens is 2. The van der Waals surface area contributed by atoms with E-state index in [1.165, 1.54) is 11.3 Å². The van der Waals surface area contributed by atoms with Crippen LogP contribution in [0.15, 0.2) is 35.8 Å². The SMILES string of the molecule is COc1ccc(-c2cn3c(C(=O)N4CC(C)OC(C)C4)csc3n2)cc1. The summed E-state index contributed by atoms with van der Waals surface area (Å²) in [6.07, 6.45) is 2.03. The van der Waals surface area contributed by atoms with Crippen LogP contribution in [-0.4, -0.2) is 52.6 Å². The first-order chi connectivity index (χ1) is 12.5. The Bertz CT molecular complexity index is 921. The van der Waals surface area contributed by atoms with E-state index in [1.807, 2.05) is 59.0 Å². The number of carbonyl (C=O) groups excluding carboxylic acids is 1. The number of methoxy groups -OCH3 is 1. The van der Waals surface area contributed by atoms with Crippen molar-refractivity contribution in [1.82, 2.24) is 14.3 Å². The fourth-order valence-corrected chi connectivity index (χ4v) is 4.19. The van der Waals surface area contributed by atoms with Gasteiger partial charge in [0.1, 0.15) is 11.4 Å². The maximum Gasteiger partial charge on any atom is 0.271 e. The van der Waals surface area contributed by atoms with Gasteiger partial charge in [0.25, 0.3) is 5.91 Å². The topological polar surface area (TPSA) is 56.1 Å². The Morgan fingerprint density at radius 3 is 2.58 bits per heavy atom. The Morgan fingerprint density at radius 2 is 1.92 bits per heavy atom. The molecule has 0 saturated carbocycles. The van der Waals surface area contributed by atoms with Crippen LogP contribution in [0.5, 0.6) is 5.75 Å². The van der Waals surface area contributed by atoms with Gasteiger partial charge >= 0.3 is 0 Å². The highest BCUT2D eigenvalue weighted by atomic mass is 32.1. The molecular weight excluding hydrogens is 350 g/mol. The average molecular weight is 371 g/mol. The molecule has 0 aliphatic carbocycles. The summed E-state index contributed by atoms with van der Waals surface area (Å²) >= 11 is 1.48. The third kappa shape index (κ3) is 3.08. The van der Waals surface area contributed by atoms with Gasteiger partial charge in [-0.25, -0.2) is 4.98 Å². The number of hydrogen-bond donors (Lipinski definition) is 0. The van der Waals surface area contributed by atoms with E-state index in [2.05, 4.69) is 4.98 Å². The molecular formula is C19H21N3O3S. The van der Waals surface area contributed by atoms with E-state index in [0.717, 1.165) is 22.0 Å². The lowest BCUT2D eigenvalue weighted by Gasteiger charge is -2.35. The Morgan fingerprint density at radius 1 is 1.23 bits per heavy atom. The first-order valence-electron chi connectivity index (χ1n) is 8.61. The number of thiazole rings is 1. The fraction of sp³-hybridized carbons (Fsp3) is 0.368. The van der Waals surface area contributed by atoms with Gasteiger partial charge in [-0.05, 0) is 38.1 Å². The van der Waals surface area contributed by atoms with Crippen LogP contribution in [0.4, 0.5) is 0 Å². The summed E-state index contributed by atoms with van der Waals surface area (Å²) in [4.78, 5) is 20.4. The molecule has 0 spiro atoms. The number of imidazole rings is 1. The molecule has 7 heteroatoms. The van der Waals surface area contributed by atoms with Gasteiger partial charge < -0.3 is 14.4 Å². The zero-order valence-corrected chi connectivity index (χ0v) is 15.8. The average Bonchev–Trinajstić information content (AvgIpc) is 3.21. The largest absolute Gasteiger partial charge is 0.497 e. The van der Waals surface area contributed by atoms with E-state index in [0.29, 0.717) is 18.8 Å². The van der Waals surface area contributed by atoms with E-state index >= 15 is 0 Å². The summed E-state index contributed by atoms with van der Waals surface area (Å²) < 4.78 is 12.8. The molecule has 1 saturated heterocycles. The zero-order chi connectivity index (χ0) is 18.3. The molecule has 1 amide bonds. The molecule has 26 heavy (non-hydrogen) atoms. The van der Waals surface area contributed by atoms with Crippen LogP contribution in [0.3, 0.4) is 0 Å². The Hall–Kier alpha value is -2.38. The van der Waals surface area contributed by atoms with Crippen LogP contribution in [0, 0.1) is 0 Å². The molecule has 1 fully saturated rings. The predicted octanol–water partition coefficient (Wildman–Crippen LogP) is 3.32. The van der Waals surface area contributed by atoms with Gasteiger partial charge in [-0.15, -0.1) is 11.3 Å². The van der Waals surface area contributed by atoms with Crippen molar-refractivity contribution in [2.75, 3.05) is 20.2 Å². The maximum atomic E-state index is 13.0. The number of carbonyl (C=O) groups is 1. The minimum absolute atomic E-state index is 0.0249. The molecule has 0 N–H and O–H groups in total. The van der Waals surface area contributed by atoms with Gasteiger partial charge in [-0.3, -0.25) is 9.20 Å². The standard InChI is InChI=1S/C19H21N3O3S/c1-12-8-21(9-13(2)25-12)18(23)17-11-26-19-20-16(10-22(17)19)14-4-6-15(24-3)7-5-14/h4-7,10-13H,8-9H2,1-3H3. The van der Waals surface area contributed by atoms with Gasteiger partial charge in [-0.1, -0.05) is 0 Å². The number of ether oxygens (including phenoxy) is 2. The highest BCUT2D eigenvalue weighted by Gasteiger charge is 2.28. The molecule has 1 aromatic carbocycles. The van der Waals surface area contributed by atoms with Crippen LogP contribution < -0.4 is 4.74 Å². The van der Waals surface area contributed by atoms with Crippen molar-refractivity contribution in [2.45, 2.75) is 26.1 Å². The van der Waals surface area contributed by atoms with Gasteiger partial charge in [0, 0.05) is 30.2 Å². The molecule has 3 heterocycles. The van der Waals surface area contributed by atoms with Crippen LogP contribution in [0.1, 0.15) is 24.3 Å². The zero-order valence-electron chi connectivity index (χ0n) is 15.0. The summed E-state index contributed by atoms with van der Waals surface area (Å²) in [5.74, 6) is 0.832. The third-order valence-electron chi connectivity index (χ3n) is 4.52. The first kappa shape index (κ1) is 17.1. The molecule has 3 aromatic rings. The first-order valence-corrected chi connectivity index (χ1v) is 9.49. The van der Waals surface area contributed by atoms with Crippen LogP contribution >= 0.6 is 11.3 Å². The lowest BCUT2D eigenvalue weighted by molar-refractivity contribution is -0.0587. The number of fused-ring (bicyclic) bond motifs is 1. The monoisotopic (exact) mass is 371 g/mol. The van der Waals surface area contributed by atoms with E-state index in [1.54, 1.807) is 7.11 Å². The molecule has 1 aliphatic heterocycles. The maximum absolute atomic E-state index is 13.0. The van der Waals surface area contributed by atoms with Gasteiger partial charge in [0.15, 0.2) is 4.96 Å². The van der Waals surface area contributed by atoms with Crippen molar-refractivity contribution >= 4 is 22.2 Å². The number of rotatable bonds is 3. The molecule has 6 nitrogen and oxygen atoms in total.